The minimum atomic E-state index is 0. The molecule has 0 saturated carbocycles. The zero-order valence-electron chi connectivity index (χ0n) is 10.1. The van der Waals surface area contributed by atoms with Crippen LogP contribution in [0.1, 0.15) is 12.5 Å². The molecule has 1 heterocycles. The first kappa shape index (κ1) is 14.0. The van der Waals surface area contributed by atoms with Gasteiger partial charge in [-0.05, 0) is 12.5 Å². The Hall–Kier alpha value is -1.06. The van der Waals surface area contributed by atoms with Crippen LogP contribution in [0.4, 0.5) is 0 Å². The molecule has 1 aliphatic heterocycles. The van der Waals surface area contributed by atoms with Crippen molar-refractivity contribution in [3.05, 3.63) is 35.9 Å². The molecular formula is C13H19ClN2O. The Bertz CT molecular complexity index is 352. The average molecular weight is 255 g/mol. The van der Waals surface area contributed by atoms with Gasteiger partial charge in [0.1, 0.15) is 0 Å². The Labute approximate surface area is 109 Å². The van der Waals surface area contributed by atoms with E-state index in [4.69, 9.17) is 0 Å². The van der Waals surface area contributed by atoms with E-state index in [0.717, 1.165) is 26.2 Å². The van der Waals surface area contributed by atoms with Crippen LogP contribution in [0.5, 0.6) is 0 Å². The molecule has 94 valence electrons. The maximum absolute atomic E-state index is 12.0. The van der Waals surface area contributed by atoms with Crippen molar-refractivity contribution in [3.8, 4) is 0 Å². The van der Waals surface area contributed by atoms with Gasteiger partial charge in [-0.2, -0.15) is 0 Å². The number of benzene rings is 1. The van der Waals surface area contributed by atoms with Gasteiger partial charge < -0.3 is 10.2 Å². The Morgan fingerprint density at radius 1 is 1.35 bits per heavy atom. The van der Waals surface area contributed by atoms with Crippen LogP contribution in [0.25, 0.3) is 0 Å². The smallest absolute Gasteiger partial charge is 0.228 e. The van der Waals surface area contributed by atoms with Crippen molar-refractivity contribution >= 4 is 18.3 Å². The van der Waals surface area contributed by atoms with Crippen LogP contribution in [-0.2, 0) is 11.3 Å². The minimum absolute atomic E-state index is 0. The summed E-state index contributed by atoms with van der Waals surface area (Å²) in [5.74, 6) is 0.480. The normalized spacial score (nSPS) is 14.6. The monoisotopic (exact) mass is 254 g/mol. The number of carbonyl (C=O) groups is 1. The third-order valence-electron chi connectivity index (χ3n) is 3.04. The molecule has 0 aliphatic carbocycles. The summed E-state index contributed by atoms with van der Waals surface area (Å²) >= 11 is 0. The lowest BCUT2D eigenvalue weighted by Crippen LogP contribution is -2.51. The third-order valence-corrected chi connectivity index (χ3v) is 3.04. The van der Waals surface area contributed by atoms with E-state index in [9.17, 15) is 4.79 Å². The van der Waals surface area contributed by atoms with Gasteiger partial charge in [-0.25, -0.2) is 0 Å². The number of halogens is 1. The number of hydrogen-bond donors (Lipinski definition) is 1. The lowest BCUT2D eigenvalue weighted by molar-refractivity contribution is -0.137. The molecule has 0 spiro atoms. The van der Waals surface area contributed by atoms with Gasteiger partial charge in [0.15, 0.2) is 0 Å². The van der Waals surface area contributed by atoms with Crippen LogP contribution >= 0.6 is 12.4 Å². The summed E-state index contributed by atoms with van der Waals surface area (Å²) in [5, 5.41) is 3.14. The van der Waals surface area contributed by atoms with E-state index < -0.39 is 0 Å². The van der Waals surface area contributed by atoms with Gasteiger partial charge in [0, 0.05) is 26.2 Å². The van der Waals surface area contributed by atoms with Crippen LogP contribution in [0.15, 0.2) is 30.3 Å². The summed E-state index contributed by atoms with van der Waals surface area (Å²) in [6, 6.07) is 10.2. The zero-order chi connectivity index (χ0) is 11.4. The molecule has 4 heteroatoms. The first-order valence-corrected chi connectivity index (χ1v) is 5.84. The van der Waals surface area contributed by atoms with Gasteiger partial charge in [0.25, 0.3) is 0 Å². The fourth-order valence-electron chi connectivity index (χ4n) is 1.87. The van der Waals surface area contributed by atoms with Gasteiger partial charge in [0.05, 0.1) is 5.92 Å². The van der Waals surface area contributed by atoms with E-state index in [1.54, 1.807) is 0 Å². The number of rotatable bonds is 4. The molecule has 2 rings (SSSR count). The number of nitrogens with one attached hydrogen (secondary N) is 1. The fourth-order valence-corrected chi connectivity index (χ4v) is 1.87. The summed E-state index contributed by atoms with van der Waals surface area (Å²) in [7, 11) is 0. The van der Waals surface area contributed by atoms with Crippen LogP contribution in [-0.4, -0.2) is 30.4 Å². The van der Waals surface area contributed by atoms with Crippen molar-refractivity contribution in [2.75, 3.05) is 19.6 Å². The van der Waals surface area contributed by atoms with Crippen LogP contribution in [0.3, 0.4) is 0 Å². The maximum atomic E-state index is 12.0. The lowest BCUT2D eigenvalue weighted by Gasteiger charge is -2.31. The molecule has 0 atom stereocenters. The summed E-state index contributed by atoms with van der Waals surface area (Å²) in [6.07, 6.45) is 0. The van der Waals surface area contributed by atoms with Gasteiger partial charge >= 0.3 is 0 Å². The maximum Gasteiger partial charge on any atom is 0.228 e. The molecule has 1 saturated heterocycles. The molecule has 0 unspecified atom stereocenters. The third kappa shape index (κ3) is 3.45. The first-order valence-electron chi connectivity index (χ1n) is 5.84. The molecule has 17 heavy (non-hydrogen) atoms. The van der Waals surface area contributed by atoms with Gasteiger partial charge in [-0.3, -0.25) is 4.79 Å². The average Bonchev–Trinajstić information content (AvgIpc) is 2.25. The Balaban J connectivity index is 0.00000144. The van der Waals surface area contributed by atoms with Crippen molar-refractivity contribution in [1.82, 2.24) is 10.2 Å². The molecule has 1 aliphatic rings. The fraction of sp³-hybridized carbons (Fsp3) is 0.462. The van der Waals surface area contributed by atoms with E-state index in [1.807, 2.05) is 30.0 Å². The quantitative estimate of drug-likeness (QED) is 0.887. The highest BCUT2D eigenvalue weighted by Gasteiger charge is 2.28. The molecule has 0 radical (unpaired) electrons. The Kier molecular flexibility index (Phi) is 5.45. The summed E-state index contributed by atoms with van der Waals surface area (Å²) < 4.78 is 0. The molecule has 3 nitrogen and oxygen atoms in total. The molecule has 1 fully saturated rings. The predicted octanol–water partition coefficient (Wildman–Crippen LogP) is 1.68. The van der Waals surface area contributed by atoms with E-state index in [-0.39, 0.29) is 24.2 Å². The van der Waals surface area contributed by atoms with Crippen molar-refractivity contribution < 1.29 is 4.79 Å². The Morgan fingerprint density at radius 3 is 2.47 bits per heavy atom. The second-order valence-corrected chi connectivity index (χ2v) is 4.19. The van der Waals surface area contributed by atoms with Crippen molar-refractivity contribution in [1.29, 1.82) is 0 Å². The highest BCUT2D eigenvalue weighted by Crippen LogP contribution is 2.11. The highest BCUT2D eigenvalue weighted by molar-refractivity contribution is 5.85. The van der Waals surface area contributed by atoms with Gasteiger partial charge in [-0.15, -0.1) is 12.4 Å². The number of hydrogen-bond acceptors (Lipinski definition) is 2. The van der Waals surface area contributed by atoms with Crippen LogP contribution in [0.2, 0.25) is 0 Å². The van der Waals surface area contributed by atoms with Crippen molar-refractivity contribution in [3.63, 3.8) is 0 Å². The molecule has 1 N–H and O–H groups in total. The molecule has 0 aromatic heterocycles. The SMILES string of the molecule is CCN(Cc1ccccc1)C(=O)C1CNC1.Cl. The first-order chi connectivity index (χ1) is 7.81. The zero-order valence-corrected chi connectivity index (χ0v) is 10.9. The number of carbonyl (C=O) groups excluding carboxylic acids is 1. The van der Waals surface area contributed by atoms with Crippen LogP contribution in [0, 0.1) is 5.92 Å². The molecule has 0 bridgehead atoms. The van der Waals surface area contributed by atoms with Gasteiger partial charge in [-0.1, -0.05) is 30.3 Å². The topological polar surface area (TPSA) is 32.3 Å². The van der Waals surface area contributed by atoms with Crippen molar-refractivity contribution in [2.24, 2.45) is 5.92 Å². The van der Waals surface area contributed by atoms with Crippen molar-refractivity contribution in [2.45, 2.75) is 13.5 Å². The minimum Gasteiger partial charge on any atom is -0.338 e. The summed E-state index contributed by atoms with van der Waals surface area (Å²) in [4.78, 5) is 14.0. The lowest BCUT2D eigenvalue weighted by atomic mass is 10.0. The largest absolute Gasteiger partial charge is 0.338 e. The second kappa shape index (κ2) is 6.62. The van der Waals surface area contributed by atoms with E-state index in [2.05, 4.69) is 17.4 Å². The summed E-state index contributed by atoms with van der Waals surface area (Å²) in [5.41, 5.74) is 1.20. The molecule has 1 aromatic rings. The highest BCUT2D eigenvalue weighted by atomic mass is 35.5. The Morgan fingerprint density at radius 2 is 2.00 bits per heavy atom. The standard InChI is InChI=1S/C13H18N2O.ClH/c1-2-15(13(16)12-8-14-9-12)10-11-6-4-3-5-7-11;/h3-7,12,14H,2,8-10H2,1H3;1H. The molecule has 1 amide bonds. The number of amides is 1. The van der Waals surface area contributed by atoms with Gasteiger partial charge in [0.2, 0.25) is 5.91 Å². The van der Waals surface area contributed by atoms with E-state index in [0.29, 0.717) is 0 Å². The van der Waals surface area contributed by atoms with Crippen LogP contribution < -0.4 is 5.32 Å². The van der Waals surface area contributed by atoms with E-state index in [1.165, 1.54) is 5.56 Å². The number of nitrogens with zero attached hydrogens (tertiary/aromatic N) is 1. The predicted molar refractivity (Wildman–Crippen MR) is 71.1 cm³/mol. The van der Waals surface area contributed by atoms with E-state index >= 15 is 0 Å². The second-order valence-electron chi connectivity index (χ2n) is 4.19. The molecular weight excluding hydrogens is 236 g/mol. The summed E-state index contributed by atoms with van der Waals surface area (Å²) in [6.45, 7) is 5.22. The molecule has 1 aromatic carbocycles.